The van der Waals surface area contributed by atoms with Gasteiger partial charge in [-0.3, -0.25) is 0 Å². The van der Waals surface area contributed by atoms with Crippen molar-refractivity contribution < 1.29 is 0 Å². The van der Waals surface area contributed by atoms with Gasteiger partial charge in [0.25, 0.3) is 0 Å². The van der Waals surface area contributed by atoms with Crippen LogP contribution in [0.25, 0.3) is 11.3 Å². The van der Waals surface area contributed by atoms with Gasteiger partial charge in [-0.15, -0.1) is 0 Å². The fraction of sp³-hybridized carbons (Fsp3) is 0.500. The molecule has 38 heavy (non-hydrogen) atoms. The summed E-state index contributed by atoms with van der Waals surface area (Å²) in [5.74, 6) is 1.05. The molecule has 1 saturated heterocycles. The van der Waals surface area contributed by atoms with Gasteiger partial charge in [-0.05, 0) is 67.1 Å². The summed E-state index contributed by atoms with van der Waals surface area (Å²) in [6.07, 6.45) is 5.21. The van der Waals surface area contributed by atoms with Crippen LogP contribution in [-0.2, 0) is 6.42 Å². The summed E-state index contributed by atoms with van der Waals surface area (Å²) in [7, 11) is 2.20. The van der Waals surface area contributed by atoms with Crippen LogP contribution in [0.2, 0.25) is 0 Å². The lowest BCUT2D eigenvalue weighted by Gasteiger charge is -2.32. The van der Waals surface area contributed by atoms with E-state index in [2.05, 4.69) is 96.8 Å². The molecule has 202 valence electrons. The predicted molar refractivity (Wildman–Crippen MR) is 159 cm³/mol. The fourth-order valence-electron chi connectivity index (χ4n) is 5.51. The smallest absolute Gasteiger partial charge is 0.223 e. The number of nitrogens with zero attached hydrogens (tertiary/aromatic N) is 4. The van der Waals surface area contributed by atoms with Crippen LogP contribution < -0.4 is 10.6 Å². The summed E-state index contributed by atoms with van der Waals surface area (Å²) >= 11 is 0. The SMILES string of the molecule is CN1CCN(CCCNc2ncc3c(n2)-c2ccccc2C(c2ccc(NCCC(C)(C)C)cc2)C3)CC1. The molecular formula is C32H44N6. The molecule has 0 bridgehead atoms. The molecule has 1 unspecified atom stereocenters. The average Bonchev–Trinajstić information content (AvgIpc) is 2.91. The molecule has 2 heterocycles. The number of aromatic nitrogens is 2. The number of piperazine rings is 1. The largest absolute Gasteiger partial charge is 0.385 e. The van der Waals surface area contributed by atoms with Crippen molar-refractivity contribution in [2.24, 2.45) is 5.41 Å². The van der Waals surface area contributed by atoms with Gasteiger partial charge in [0.05, 0.1) is 5.69 Å². The zero-order valence-corrected chi connectivity index (χ0v) is 23.6. The van der Waals surface area contributed by atoms with E-state index >= 15 is 0 Å². The van der Waals surface area contributed by atoms with Gasteiger partial charge in [-0.25, -0.2) is 9.97 Å². The number of nitrogens with one attached hydrogen (secondary N) is 2. The number of fused-ring (bicyclic) bond motifs is 3. The molecule has 5 rings (SSSR count). The third-order valence-corrected chi connectivity index (χ3v) is 7.93. The minimum atomic E-state index is 0.313. The van der Waals surface area contributed by atoms with E-state index < -0.39 is 0 Å². The first kappa shape index (κ1) is 26.6. The van der Waals surface area contributed by atoms with E-state index in [1.807, 2.05) is 6.20 Å². The van der Waals surface area contributed by atoms with E-state index in [0.717, 1.165) is 50.5 Å². The molecule has 0 spiro atoms. The Hall–Kier alpha value is -2.96. The van der Waals surface area contributed by atoms with Crippen molar-refractivity contribution in [3.63, 3.8) is 0 Å². The number of hydrogen-bond donors (Lipinski definition) is 2. The first-order chi connectivity index (χ1) is 18.4. The molecule has 2 aromatic carbocycles. The quantitative estimate of drug-likeness (QED) is 0.357. The van der Waals surface area contributed by atoms with Crippen LogP contribution in [0.4, 0.5) is 11.6 Å². The summed E-state index contributed by atoms with van der Waals surface area (Å²) in [5, 5.41) is 7.06. The van der Waals surface area contributed by atoms with Crippen LogP contribution in [0.15, 0.2) is 54.7 Å². The van der Waals surface area contributed by atoms with Gasteiger partial charge in [-0.2, -0.15) is 0 Å². The normalized spacial score (nSPS) is 18.1. The Bertz CT molecular complexity index is 1190. The second kappa shape index (κ2) is 11.8. The molecule has 0 amide bonds. The van der Waals surface area contributed by atoms with E-state index in [-0.39, 0.29) is 0 Å². The molecule has 0 radical (unpaired) electrons. The van der Waals surface area contributed by atoms with Gasteiger partial charge in [0, 0.05) is 62.6 Å². The first-order valence-corrected chi connectivity index (χ1v) is 14.3. The summed E-state index contributed by atoms with van der Waals surface area (Å²) < 4.78 is 0. The highest BCUT2D eigenvalue weighted by atomic mass is 15.2. The van der Waals surface area contributed by atoms with E-state index in [0.29, 0.717) is 11.3 Å². The lowest BCUT2D eigenvalue weighted by molar-refractivity contribution is 0.154. The van der Waals surface area contributed by atoms with Crippen molar-refractivity contribution >= 4 is 11.6 Å². The number of benzene rings is 2. The van der Waals surface area contributed by atoms with Crippen molar-refractivity contribution in [3.05, 3.63) is 71.4 Å². The number of anilines is 2. The van der Waals surface area contributed by atoms with Gasteiger partial charge < -0.3 is 20.4 Å². The lowest BCUT2D eigenvalue weighted by atomic mass is 9.78. The molecule has 2 aliphatic rings. The molecule has 6 heteroatoms. The van der Waals surface area contributed by atoms with Crippen LogP contribution in [0, 0.1) is 5.41 Å². The molecule has 1 fully saturated rings. The van der Waals surface area contributed by atoms with Gasteiger partial charge in [0.1, 0.15) is 0 Å². The van der Waals surface area contributed by atoms with Gasteiger partial charge in [0.15, 0.2) is 0 Å². The standard InChI is InChI=1S/C32H44N6/c1-32(2,3)14-16-33-26-12-10-24(11-13-26)29-22-25-23-35-31(36-30(25)28-9-6-5-8-27(28)29)34-15-7-17-38-20-18-37(4)19-21-38/h5-6,8-13,23,29,33H,7,14-22H2,1-4H3,(H,34,35,36). The minimum Gasteiger partial charge on any atom is -0.385 e. The van der Waals surface area contributed by atoms with E-state index in [9.17, 15) is 0 Å². The highest BCUT2D eigenvalue weighted by Gasteiger charge is 2.27. The maximum atomic E-state index is 4.99. The molecule has 1 atom stereocenters. The van der Waals surface area contributed by atoms with Crippen LogP contribution in [-0.4, -0.2) is 72.6 Å². The summed E-state index contributed by atoms with van der Waals surface area (Å²) in [4.78, 5) is 14.7. The third-order valence-electron chi connectivity index (χ3n) is 7.93. The molecular weight excluding hydrogens is 468 g/mol. The van der Waals surface area contributed by atoms with Gasteiger partial charge in [0.2, 0.25) is 5.95 Å². The molecule has 1 aliphatic heterocycles. The topological polar surface area (TPSA) is 56.3 Å². The highest BCUT2D eigenvalue weighted by molar-refractivity contribution is 5.72. The summed E-state index contributed by atoms with van der Waals surface area (Å²) in [6, 6.07) is 17.8. The Labute approximate surface area is 228 Å². The Morgan fingerprint density at radius 2 is 1.68 bits per heavy atom. The second-order valence-corrected chi connectivity index (χ2v) is 12.2. The fourth-order valence-corrected chi connectivity index (χ4v) is 5.51. The highest BCUT2D eigenvalue weighted by Crippen LogP contribution is 2.42. The Balaban J connectivity index is 1.23. The Kier molecular flexibility index (Phi) is 8.29. The van der Waals surface area contributed by atoms with Crippen molar-refractivity contribution in [2.75, 3.05) is 63.5 Å². The van der Waals surface area contributed by atoms with Gasteiger partial charge in [-0.1, -0.05) is 57.2 Å². The second-order valence-electron chi connectivity index (χ2n) is 12.2. The molecule has 1 aliphatic carbocycles. The maximum absolute atomic E-state index is 4.99. The zero-order valence-electron chi connectivity index (χ0n) is 23.6. The van der Waals surface area contributed by atoms with Crippen molar-refractivity contribution in [1.82, 2.24) is 19.8 Å². The van der Waals surface area contributed by atoms with Crippen LogP contribution in [0.3, 0.4) is 0 Å². The monoisotopic (exact) mass is 512 g/mol. The van der Waals surface area contributed by atoms with Crippen molar-refractivity contribution in [1.29, 1.82) is 0 Å². The van der Waals surface area contributed by atoms with Crippen LogP contribution >= 0.6 is 0 Å². The molecule has 0 saturated carbocycles. The molecule has 1 aromatic heterocycles. The van der Waals surface area contributed by atoms with Crippen molar-refractivity contribution in [3.8, 4) is 11.3 Å². The molecule has 6 nitrogen and oxygen atoms in total. The van der Waals surface area contributed by atoms with E-state index in [1.54, 1.807) is 0 Å². The van der Waals surface area contributed by atoms with Crippen LogP contribution in [0.1, 0.15) is 56.2 Å². The average molecular weight is 513 g/mol. The zero-order chi connectivity index (χ0) is 26.5. The Morgan fingerprint density at radius 1 is 0.921 bits per heavy atom. The molecule has 2 N–H and O–H groups in total. The number of hydrogen-bond acceptors (Lipinski definition) is 6. The van der Waals surface area contributed by atoms with E-state index in [4.69, 9.17) is 9.97 Å². The predicted octanol–water partition coefficient (Wildman–Crippen LogP) is 5.73. The van der Waals surface area contributed by atoms with E-state index in [1.165, 1.54) is 54.1 Å². The summed E-state index contributed by atoms with van der Waals surface area (Å²) in [6.45, 7) is 14.5. The van der Waals surface area contributed by atoms with Crippen LogP contribution in [0.5, 0.6) is 0 Å². The number of rotatable bonds is 9. The lowest BCUT2D eigenvalue weighted by Crippen LogP contribution is -2.44. The first-order valence-electron chi connectivity index (χ1n) is 14.3. The third kappa shape index (κ3) is 6.72. The van der Waals surface area contributed by atoms with Crippen molar-refractivity contribution in [2.45, 2.75) is 46.0 Å². The summed E-state index contributed by atoms with van der Waals surface area (Å²) in [5.41, 5.74) is 7.76. The minimum absolute atomic E-state index is 0.313. The molecule has 3 aromatic rings. The Morgan fingerprint density at radius 3 is 2.45 bits per heavy atom. The number of likely N-dealkylation sites (N-methyl/N-ethyl adjacent to an activating group) is 1. The maximum Gasteiger partial charge on any atom is 0.223 e. The van der Waals surface area contributed by atoms with Gasteiger partial charge >= 0.3 is 0 Å².